The predicted octanol–water partition coefficient (Wildman–Crippen LogP) is 1.78. The lowest BCUT2D eigenvalue weighted by molar-refractivity contribution is 0.0696. The van der Waals surface area contributed by atoms with Crippen LogP contribution >= 0.6 is 0 Å². The van der Waals surface area contributed by atoms with E-state index in [9.17, 15) is 14.7 Å². The van der Waals surface area contributed by atoms with Gasteiger partial charge in [-0.2, -0.15) is 0 Å². The Balaban J connectivity index is 2.05. The fourth-order valence-electron chi connectivity index (χ4n) is 2.18. The van der Waals surface area contributed by atoms with Gasteiger partial charge in [-0.15, -0.1) is 0 Å². The van der Waals surface area contributed by atoms with Crippen molar-refractivity contribution in [3.05, 3.63) is 23.8 Å². The van der Waals surface area contributed by atoms with Crippen LogP contribution in [0.25, 0.3) is 0 Å². The first-order chi connectivity index (χ1) is 9.82. The highest BCUT2D eigenvalue weighted by molar-refractivity contribution is 5.93. The molecule has 1 aromatic rings. The molecule has 7 heteroatoms. The Morgan fingerprint density at radius 2 is 2.14 bits per heavy atom. The molecule has 0 saturated carbocycles. The second kappa shape index (κ2) is 5.61. The van der Waals surface area contributed by atoms with Crippen LogP contribution in [0.2, 0.25) is 0 Å². The third-order valence-electron chi connectivity index (χ3n) is 3.78. The van der Waals surface area contributed by atoms with Crippen molar-refractivity contribution in [2.24, 2.45) is 0 Å². The monoisotopic (exact) mass is 294 g/mol. The Hall–Kier alpha value is -2.28. The molecule has 1 aromatic carbocycles. The number of nitrogens with one attached hydrogen (secondary N) is 2. The molecule has 0 radical (unpaired) electrons. The van der Waals surface area contributed by atoms with Gasteiger partial charge in [0.25, 0.3) is 0 Å². The van der Waals surface area contributed by atoms with Crippen molar-refractivity contribution < 1.29 is 24.5 Å². The number of phenolic OH excluding ortho intramolecular Hbond substituents is 1. The third kappa shape index (κ3) is 3.25. The van der Waals surface area contributed by atoms with Crippen molar-refractivity contribution >= 4 is 17.7 Å². The van der Waals surface area contributed by atoms with E-state index in [1.807, 2.05) is 13.8 Å². The highest BCUT2D eigenvalue weighted by Crippen LogP contribution is 2.27. The Morgan fingerprint density at radius 1 is 1.43 bits per heavy atom. The molecular weight excluding hydrogens is 276 g/mol. The molecule has 21 heavy (non-hydrogen) atoms. The maximum Gasteiger partial charge on any atom is 0.335 e. The number of aromatic hydroxyl groups is 1. The van der Waals surface area contributed by atoms with Crippen LogP contribution in [0.1, 0.15) is 30.6 Å². The van der Waals surface area contributed by atoms with Crippen LogP contribution in [0, 0.1) is 0 Å². The second-order valence-electron chi connectivity index (χ2n) is 5.30. The van der Waals surface area contributed by atoms with Crippen LogP contribution < -0.4 is 10.6 Å². The molecular formula is C14H18N2O5. The van der Waals surface area contributed by atoms with Crippen LogP contribution in [0.3, 0.4) is 0 Å². The number of carboxylic acid groups (broad SMARTS) is 1. The molecule has 0 spiro atoms. The lowest BCUT2D eigenvalue weighted by atomic mass is 9.95. The minimum atomic E-state index is -1.15. The minimum absolute atomic E-state index is 0.0526. The number of benzene rings is 1. The number of aromatic carboxylic acids is 1. The molecule has 4 N–H and O–H groups in total. The number of carbonyl (C=O) groups excluding carboxylic acids is 1. The number of urea groups is 1. The van der Waals surface area contributed by atoms with E-state index in [-0.39, 0.29) is 23.1 Å². The molecule has 1 aliphatic rings. The van der Waals surface area contributed by atoms with Crippen molar-refractivity contribution in [1.82, 2.24) is 5.32 Å². The molecule has 1 saturated heterocycles. The molecule has 1 heterocycles. The summed E-state index contributed by atoms with van der Waals surface area (Å²) in [5, 5.41) is 23.9. The van der Waals surface area contributed by atoms with Crippen molar-refractivity contribution in [1.29, 1.82) is 0 Å². The number of ether oxygens (including phenoxy) is 1. The number of phenols is 1. The molecule has 2 unspecified atom stereocenters. The maximum atomic E-state index is 12.0. The van der Waals surface area contributed by atoms with Gasteiger partial charge in [0.1, 0.15) is 5.75 Å². The van der Waals surface area contributed by atoms with Gasteiger partial charge in [0.2, 0.25) is 0 Å². The summed E-state index contributed by atoms with van der Waals surface area (Å²) in [6, 6.07) is 3.25. The van der Waals surface area contributed by atoms with Crippen LogP contribution in [0.15, 0.2) is 18.2 Å². The summed E-state index contributed by atoms with van der Waals surface area (Å²) in [7, 11) is 0. The summed E-state index contributed by atoms with van der Waals surface area (Å²) in [5.41, 5.74) is -0.378. The summed E-state index contributed by atoms with van der Waals surface area (Å²) >= 11 is 0. The Morgan fingerprint density at radius 3 is 2.67 bits per heavy atom. The number of anilines is 1. The van der Waals surface area contributed by atoms with E-state index in [0.717, 1.165) is 6.07 Å². The van der Waals surface area contributed by atoms with E-state index < -0.39 is 17.5 Å². The van der Waals surface area contributed by atoms with Gasteiger partial charge < -0.3 is 25.6 Å². The largest absolute Gasteiger partial charge is 0.506 e. The fourth-order valence-corrected chi connectivity index (χ4v) is 2.18. The zero-order valence-corrected chi connectivity index (χ0v) is 11.8. The number of carboxylic acids is 1. The van der Waals surface area contributed by atoms with E-state index in [0.29, 0.717) is 13.0 Å². The van der Waals surface area contributed by atoms with Gasteiger partial charge in [0.15, 0.2) is 0 Å². The van der Waals surface area contributed by atoms with E-state index in [1.54, 1.807) is 0 Å². The summed E-state index contributed by atoms with van der Waals surface area (Å²) in [5.74, 6) is -1.45. The molecule has 1 fully saturated rings. The van der Waals surface area contributed by atoms with Crippen molar-refractivity contribution in [3.8, 4) is 5.75 Å². The van der Waals surface area contributed by atoms with Gasteiger partial charge >= 0.3 is 12.0 Å². The topological polar surface area (TPSA) is 108 Å². The first-order valence-electron chi connectivity index (χ1n) is 6.59. The number of amides is 2. The Kier molecular flexibility index (Phi) is 4.04. The summed E-state index contributed by atoms with van der Waals surface area (Å²) in [6.45, 7) is 4.35. The predicted molar refractivity (Wildman–Crippen MR) is 75.7 cm³/mol. The normalized spacial score (nSPS) is 24.6. The second-order valence-corrected chi connectivity index (χ2v) is 5.30. The molecule has 7 nitrogen and oxygen atoms in total. The van der Waals surface area contributed by atoms with Crippen molar-refractivity contribution in [3.63, 3.8) is 0 Å². The average Bonchev–Trinajstić information content (AvgIpc) is 2.71. The maximum absolute atomic E-state index is 12.0. The van der Waals surface area contributed by atoms with Crippen molar-refractivity contribution in [2.45, 2.75) is 31.9 Å². The smallest absolute Gasteiger partial charge is 0.335 e. The SMILES string of the molecule is CC1OCCC1(C)NC(=O)Nc1ccc(C(=O)O)cc1O. The van der Waals surface area contributed by atoms with Gasteiger partial charge in [-0.05, 0) is 38.5 Å². The molecule has 2 atom stereocenters. The number of hydrogen-bond donors (Lipinski definition) is 4. The van der Waals surface area contributed by atoms with Gasteiger partial charge in [-0.3, -0.25) is 0 Å². The summed E-state index contributed by atoms with van der Waals surface area (Å²) in [4.78, 5) is 22.8. The minimum Gasteiger partial charge on any atom is -0.506 e. The van der Waals surface area contributed by atoms with Gasteiger partial charge in [-0.25, -0.2) is 9.59 Å². The van der Waals surface area contributed by atoms with E-state index in [4.69, 9.17) is 9.84 Å². The van der Waals surface area contributed by atoms with Gasteiger partial charge in [-0.1, -0.05) is 0 Å². The standard InChI is InChI=1S/C14H18N2O5/c1-8-14(2,5-6-21-8)16-13(20)15-10-4-3-9(12(18)19)7-11(10)17/h3-4,7-8,17H,5-6H2,1-2H3,(H,18,19)(H2,15,16,20). The lowest BCUT2D eigenvalue weighted by Gasteiger charge is -2.28. The summed E-state index contributed by atoms with van der Waals surface area (Å²) < 4.78 is 5.43. The fraction of sp³-hybridized carbons (Fsp3) is 0.429. The van der Waals surface area contributed by atoms with E-state index in [2.05, 4.69) is 10.6 Å². The van der Waals surface area contributed by atoms with Crippen molar-refractivity contribution in [2.75, 3.05) is 11.9 Å². The average molecular weight is 294 g/mol. The van der Waals surface area contributed by atoms with Gasteiger partial charge in [0.05, 0.1) is 22.9 Å². The molecule has 0 aliphatic carbocycles. The van der Waals surface area contributed by atoms with Crippen LogP contribution in [0.4, 0.5) is 10.5 Å². The van der Waals surface area contributed by atoms with Crippen LogP contribution in [-0.2, 0) is 4.74 Å². The molecule has 2 amide bonds. The van der Waals surface area contributed by atoms with Gasteiger partial charge in [0, 0.05) is 6.61 Å². The zero-order chi connectivity index (χ0) is 15.6. The highest BCUT2D eigenvalue weighted by atomic mass is 16.5. The molecule has 2 rings (SSSR count). The first-order valence-corrected chi connectivity index (χ1v) is 6.59. The lowest BCUT2D eigenvalue weighted by Crippen LogP contribution is -2.52. The van der Waals surface area contributed by atoms with Crippen LogP contribution in [0.5, 0.6) is 5.75 Å². The molecule has 1 aliphatic heterocycles. The number of rotatable bonds is 3. The van der Waals surface area contributed by atoms with E-state index >= 15 is 0 Å². The molecule has 114 valence electrons. The highest BCUT2D eigenvalue weighted by Gasteiger charge is 2.38. The first kappa shape index (κ1) is 15.1. The summed E-state index contributed by atoms with van der Waals surface area (Å²) in [6.07, 6.45) is 0.595. The number of carbonyl (C=O) groups is 2. The van der Waals surface area contributed by atoms with E-state index in [1.165, 1.54) is 12.1 Å². The Bertz CT molecular complexity index is 574. The third-order valence-corrected chi connectivity index (χ3v) is 3.78. The van der Waals surface area contributed by atoms with Crippen LogP contribution in [-0.4, -0.2) is 40.5 Å². The zero-order valence-electron chi connectivity index (χ0n) is 11.8. The Labute approximate surface area is 121 Å². The molecule has 0 bridgehead atoms. The molecule has 0 aromatic heterocycles. The quantitative estimate of drug-likeness (QED) is 0.635. The number of hydrogen-bond acceptors (Lipinski definition) is 4.